The minimum Gasteiger partial charge on any atom is -0.306 e. The molecule has 1 unspecified atom stereocenters. The van der Waals surface area contributed by atoms with Gasteiger partial charge < -0.3 is 4.57 Å². The number of hydrogen-bond acceptors (Lipinski definition) is 3. The zero-order chi connectivity index (χ0) is 14.3. The summed E-state index contributed by atoms with van der Waals surface area (Å²) >= 11 is 8.10. The van der Waals surface area contributed by atoms with Gasteiger partial charge in [0.1, 0.15) is 11.3 Å². The van der Waals surface area contributed by atoms with E-state index in [4.69, 9.17) is 11.6 Å². The zero-order valence-corrected chi connectivity index (χ0v) is 13.3. The van der Waals surface area contributed by atoms with Crippen LogP contribution in [0.5, 0.6) is 0 Å². The van der Waals surface area contributed by atoms with E-state index in [-0.39, 0.29) is 5.38 Å². The number of rotatable bonds is 3. The molecule has 0 spiro atoms. The molecule has 5 heteroatoms. The fourth-order valence-electron chi connectivity index (χ4n) is 2.32. The number of hydrogen-bond donors (Lipinski definition) is 0. The third-order valence-electron chi connectivity index (χ3n) is 3.42. The zero-order valence-electron chi connectivity index (χ0n) is 11.7. The molecule has 0 bridgehead atoms. The van der Waals surface area contributed by atoms with Gasteiger partial charge in [-0.05, 0) is 44.5 Å². The molecule has 0 saturated heterocycles. The van der Waals surface area contributed by atoms with Crippen LogP contribution in [0.25, 0.3) is 11.2 Å². The molecule has 3 heterocycles. The Labute approximate surface area is 127 Å². The smallest absolute Gasteiger partial charge is 0.160 e. The van der Waals surface area contributed by atoms with E-state index in [9.17, 15) is 0 Å². The Hall–Kier alpha value is -1.39. The first-order chi connectivity index (χ1) is 9.56. The number of imidazole rings is 1. The molecule has 0 aliphatic carbocycles. The Balaban J connectivity index is 2.11. The molecule has 0 fully saturated rings. The van der Waals surface area contributed by atoms with Crippen molar-refractivity contribution in [2.75, 3.05) is 0 Å². The van der Waals surface area contributed by atoms with Gasteiger partial charge >= 0.3 is 0 Å². The van der Waals surface area contributed by atoms with Gasteiger partial charge in [-0.1, -0.05) is 0 Å². The molecule has 3 aromatic rings. The van der Waals surface area contributed by atoms with Crippen LogP contribution in [-0.4, -0.2) is 14.5 Å². The van der Waals surface area contributed by atoms with E-state index in [0.29, 0.717) is 0 Å². The quantitative estimate of drug-likeness (QED) is 0.669. The molecule has 104 valence electrons. The first kappa shape index (κ1) is 13.6. The molecule has 3 nitrogen and oxygen atoms in total. The number of aryl methyl sites for hydroxylation is 2. The molecular formula is C15H16ClN3S. The van der Waals surface area contributed by atoms with Crippen LogP contribution < -0.4 is 0 Å². The van der Waals surface area contributed by atoms with Gasteiger partial charge in [0.25, 0.3) is 0 Å². The summed E-state index contributed by atoms with van der Waals surface area (Å²) < 4.78 is 2.12. The fourth-order valence-corrected chi connectivity index (χ4v) is 3.53. The average molecular weight is 306 g/mol. The summed E-state index contributed by atoms with van der Waals surface area (Å²) in [6.07, 6.45) is 1.80. The highest BCUT2D eigenvalue weighted by atomic mass is 35.5. The van der Waals surface area contributed by atoms with Crippen LogP contribution in [0.15, 0.2) is 24.4 Å². The second-order valence-corrected chi connectivity index (χ2v) is 6.97. The topological polar surface area (TPSA) is 30.7 Å². The van der Waals surface area contributed by atoms with Crippen molar-refractivity contribution in [1.82, 2.24) is 14.5 Å². The van der Waals surface area contributed by atoms with Gasteiger partial charge in [0, 0.05) is 16.0 Å². The van der Waals surface area contributed by atoms with Crippen molar-refractivity contribution in [2.24, 2.45) is 0 Å². The summed E-state index contributed by atoms with van der Waals surface area (Å²) in [7, 11) is 0. The SMILES string of the molecule is Cc1cc(Cn2c(C(C)Cl)nc3cccnc32)sc1C. The molecule has 0 N–H and O–H groups in total. The van der Waals surface area contributed by atoms with Crippen molar-refractivity contribution in [3.8, 4) is 0 Å². The van der Waals surface area contributed by atoms with Crippen molar-refractivity contribution >= 4 is 34.1 Å². The number of alkyl halides is 1. The first-order valence-electron chi connectivity index (χ1n) is 6.57. The minimum absolute atomic E-state index is 0.133. The van der Waals surface area contributed by atoms with Crippen LogP contribution in [0, 0.1) is 13.8 Å². The van der Waals surface area contributed by atoms with E-state index in [0.717, 1.165) is 23.5 Å². The van der Waals surface area contributed by atoms with Gasteiger partial charge in [-0.3, -0.25) is 0 Å². The molecule has 0 amide bonds. The van der Waals surface area contributed by atoms with Crippen molar-refractivity contribution in [3.63, 3.8) is 0 Å². The van der Waals surface area contributed by atoms with Gasteiger partial charge in [-0.25, -0.2) is 9.97 Å². The Morgan fingerprint density at radius 1 is 1.40 bits per heavy atom. The molecule has 0 saturated carbocycles. The predicted octanol–water partition coefficient (Wildman–Crippen LogP) is 4.46. The fraction of sp³-hybridized carbons (Fsp3) is 0.333. The molecule has 0 aromatic carbocycles. The maximum absolute atomic E-state index is 6.27. The maximum atomic E-state index is 6.27. The number of fused-ring (bicyclic) bond motifs is 1. The third kappa shape index (κ3) is 2.34. The Kier molecular flexibility index (Phi) is 3.52. The van der Waals surface area contributed by atoms with E-state index >= 15 is 0 Å². The largest absolute Gasteiger partial charge is 0.306 e. The van der Waals surface area contributed by atoms with Gasteiger partial charge in [0.2, 0.25) is 0 Å². The lowest BCUT2D eigenvalue weighted by Gasteiger charge is -2.08. The number of thiophene rings is 1. The number of aromatic nitrogens is 3. The number of nitrogens with zero attached hydrogens (tertiary/aromatic N) is 3. The molecule has 0 radical (unpaired) electrons. The van der Waals surface area contributed by atoms with Gasteiger partial charge in [0.15, 0.2) is 5.65 Å². The van der Waals surface area contributed by atoms with Crippen LogP contribution in [0.4, 0.5) is 0 Å². The van der Waals surface area contributed by atoms with Crippen LogP contribution in [-0.2, 0) is 6.54 Å². The van der Waals surface area contributed by atoms with Crippen LogP contribution in [0.3, 0.4) is 0 Å². The first-order valence-corrected chi connectivity index (χ1v) is 7.82. The van der Waals surface area contributed by atoms with Gasteiger partial charge in [-0.2, -0.15) is 0 Å². The van der Waals surface area contributed by atoms with Crippen LogP contribution in [0.1, 0.15) is 33.4 Å². The van der Waals surface area contributed by atoms with Crippen LogP contribution >= 0.6 is 22.9 Å². The maximum Gasteiger partial charge on any atom is 0.160 e. The van der Waals surface area contributed by atoms with Crippen LogP contribution in [0.2, 0.25) is 0 Å². The van der Waals surface area contributed by atoms with Crippen molar-refractivity contribution in [2.45, 2.75) is 32.7 Å². The summed E-state index contributed by atoms with van der Waals surface area (Å²) in [5.41, 5.74) is 3.14. The number of halogens is 1. The second-order valence-electron chi connectivity index (χ2n) is 4.97. The lowest BCUT2D eigenvalue weighted by molar-refractivity contribution is 0.744. The summed E-state index contributed by atoms with van der Waals surface area (Å²) in [6, 6.07) is 6.12. The summed E-state index contributed by atoms with van der Waals surface area (Å²) in [5.74, 6) is 0.879. The van der Waals surface area contributed by atoms with Gasteiger partial charge in [0.05, 0.1) is 11.9 Å². The molecule has 3 aromatic heterocycles. The van der Waals surface area contributed by atoms with Crippen molar-refractivity contribution in [3.05, 3.63) is 45.5 Å². The summed E-state index contributed by atoms with van der Waals surface area (Å²) in [4.78, 5) is 11.7. The molecule has 0 aliphatic rings. The van der Waals surface area contributed by atoms with E-state index < -0.39 is 0 Å². The highest BCUT2D eigenvalue weighted by molar-refractivity contribution is 7.12. The van der Waals surface area contributed by atoms with Crippen molar-refractivity contribution in [1.29, 1.82) is 0 Å². The molecule has 1 atom stereocenters. The lowest BCUT2D eigenvalue weighted by atomic mass is 10.3. The predicted molar refractivity (Wildman–Crippen MR) is 84.7 cm³/mol. The average Bonchev–Trinajstić information content (AvgIpc) is 2.92. The highest BCUT2D eigenvalue weighted by Gasteiger charge is 2.16. The standard InChI is InChI=1S/C15H16ClN3S/c1-9-7-12(20-11(9)3)8-19-14(10(2)16)18-13-5-4-6-17-15(13)19/h4-7,10H,8H2,1-3H3. The highest BCUT2D eigenvalue weighted by Crippen LogP contribution is 2.27. The number of pyridine rings is 1. The Morgan fingerprint density at radius 3 is 2.85 bits per heavy atom. The van der Waals surface area contributed by atoms with Crippen molar-refractivity contribution < 1.29 is 0 Å². The van der Waals surface area contributed by atoms with Gasteiger partial charge in [-0.15, -0.1) is 22.9 Å². The molecular weight excluding hydrogens is 290 g/mol. The van der Waals surface area contributed by atoms with E-state index in [2.05, 4.69) is 34.4 Å². The summed E-state index contributed by atoms with van der Waals surface area (Å²) in [5, 5.41) is -0.133. The molecule has 20 heavy (non-hydrogen) atoms. The lowest BCUT2D eigenvalue weighted by Crippen LogP contribution is -2.05. The Bertz CT molecular complexity index is 738. The Morgan fingerprint density at radius 2 is 2.20 bits per heavy atom. The van der Waals surface area contributed by atoms with E-state index in [1.54, 1.807) is 6.20 Å². The minimum atomic E-state index is -0.133. The normalized spacial score (nSPS) is 13.0. The monoisotopic (exact) mass is 305 g/mol. The molecule has 3 rings (SSSR count). The van der Waals surface area contributed by atoms with E-state index in [1.165, 1.54) is 15.3 Å². The molecule has 0 aliphatic heterocycles. The summed E-state index contributed by atoms with van der Waals surface area (Å²) in [6.45, 7) is 7.02. The van der Waals surface area contributed by atoms with E-state index in [1.807, 2.05) is 30.4 Å². The second kappa shape index (κ2) is 5.19. The third-order valence-corrected chi connectivity index (χ3v) is 4.75.